The highest BCUT2D eigenvalue weighted by atomic mass is 16.5. The standard InChI is InChI=1S/C11H20N2O4/c1-8-9(4-6-17-8)7-13-11(16)12-5-2-3-10(14)15/h8-9H,2-7H2,1H3,(H,14,15)(H2,12,13,16). The maximum atomic E-state index is 11.3. The molecular formula is C11H20N2O4. The van der Waals surface area contributed by atoms with Gasteiger partial charge in [-0.1, -0.05) is 0 Å². The molecule has 98 valence electrons. The normalized spacial score (nSPS) is 23.4. The Hall–Kier alpha value is -1.30. The quantitative estimate of drug-likeness (QED) is 0.596. The Labute approximate surface area is 101 Å². The van der Waals surface area contributed by atoms with Gasteiger partial charge in [0.1, 0.15) is 0 Å². The Morgan fingerprint density at radius 1 is 1.41 bits per heavy atom. The molecule has 2 unspecified atom stereocenters. The topological polar surface area (TPSA) is 87.7 Å². The van der Waals surface area contributed by atoms with Crippen LogP contribution in [0.3, 0.4) is 0 Å². The molecule has 0 aromatic rings. The lowest BCUT2D eigenvalue weighted by Crippen LogP contribution is -2.39. The number of hydrogen-bond donors (Lipinski definition) is 3. The maximum absolute atomic E-state index is 11.3. The van der Waals surface area contributed by atoms with Crippen molar-refractivity contribution in [1.82, 2.24) is 10.6 Å². The molecule has 6 nitrogen and oxygen atoms in total. The van der Waals surface area contributed by atoms with Gasteiger partial charge in [0.05, 0.1) is 6.10 Å². The van der Waals surface area contributed by atoms with E-state index in [1.54, 1.807) is 0 Å². The summed E-state index contributed by atoms with van der Waals surface area (Å²) in [5.41, 5.74) is 0. The van der Waals surface area contributed by atoms with Gasteiger partial charge in [-0.2, -0.15) is 0 Å². The van der Waals surface area contributed by atoms with Gasteiger partial charge < -0.3 is 20.5 Å². The second kappa shape index (κ2) is 7.11. The molecule has 2 amide bonds. The molecule has 2 atom stereocenters. The molecular weight excluding hydrogens is 224 g/mol. The number of ether oxygens (including phenoxy) is 1. The zero-order valence-corrected chi connectivity index (χ0v) is 10.1. The number of nitrogens with one attached hydrogen (secondary N) is 2. The van der Waals surface area contributed by atoms with E-state index in [2.05, 4.69) is 10.6 Å². The van der Waals surface area contributed by atoms with Crippen molar-refractivity contribution < 1.29 is 19.4 Å². The van der Waals surface area contributed by atoms with Gasteiger partial charge in [0.25, 0.3) is 0 Å². The average Bonchev–Trinajstić information content (AvgIpc) is 2.67. The number of hydrogen-bond acceptors (Lipinski definition) is 3. The van der Waals surface area contributed by atoms with Crippen molar-refractivity contribution in [3.8, 4) is 0 Å². The van der Waals surface area contributed by atoms with Crippen LogP contribution in [0.15, 0.2) is 0 Å². The van der Waals surface area contributed by atoms with Crippen LogP contribution in [0.4, 0.5) is 4.79 Å². The van der Waals surface area contributed by atoms with Crippen molar-refractivity contribution in [2.45, 2.75) is 32.3 Å². The van der Waals surface area contributed by atoms with Crippen LogP contribution in [-0.2, 0) is 9.53 Å². The van der Waals surface area contributed by atoms with Gasteiger partial charge in [0, 0.05) is 32.0 Å². The van der Waals surface area contributed by atoms with Crippen LogP contribution in [0.2, 0.25) is 0 Å². The molecule has 1 aliphatic rings. The van der Waals surface area contributed by atoms with E-state index in [1.165, 1.54) is 0 Å². The summed E-state index contributed by atoms with van der Waals surface area (Å²) in [5, 5.41) is 13.8. The van der Waals surface area contributed by atoms with E-state index in [4.69, 9.17) is 9.84 Å². The van der Waals surface area contributed by atoms with Crippen molar-refractivity contribution in [3.05, 3.63) is 0 Å². The summed E-state index contributed by atoms with van der Waals surface area (Å²) < 4.78 is 5.39. The van der Waals surface area contributed by atoms with Gasteiger partial charge >= 0.3 is 12.0 Å². The van der Waals surface area contributed by atoms with Crippen LogP contribution < -0.4 is 10.6 Å². The number of carboxylic acids is 1. The van der Waals surface area contributed by atoms with Crippen molar-refractivity contribution in [3.63, 3.8) is 0 Å². The van der Waals surface area contributed by atoms with Crippen molar-refractivity contribution in [2.24, 2.45) is 5.92 Å². The van der Waals surface area contributed by atoms with Gasteiger partial charge in [-0.25, -0.2) is 4.79 Å². The highest BCUT2D eigenvalue weighted by molar-refractivity contribution is 5.73. The number of rotatable bonds is 6. The SMILES string of the molecule is CC1OCCC1CNC(=O)NCCCC(=O)O. The van der Waals surface area contributed by atoms with Crippen LogP contribution in [0.5, 0.6) is 0 Å². The van der Waals surface area contributed by atoms with Crippen LogP contribution in [0, 0.1) is 5.92 Å². The van der Waals surface area contributed by atoms with Crippen LogP contribution in [0.1, 0.15) is 26.2 Å². The molecule has 17 heavy (non-hydrogen) atoms. The summed E-state index contributed by atoms with van der Waals surface area (Å²) in [6, 6.07) is -0.241. The first-order valence-corrected chi connectivity index (χ1v) is 5.94. The first kappa shape index (κ1) is 13.8. The zero-order chi connectivity index (χ0) is 12.7. The third kappa shape index (κ3) is 5.53. The second-order valence-electron chi connectivity index (χ2n) is 4.26. The Bertz CT molecular complexity index is 270. The summed E-state index contributed by atoms with van der Waals surface area (Å²) in [7, 11) is 0. The summed E-state index contributed by atoms with van der Waals surface area (Å²) >= 11 is 0. The van der Waals surface area contributed by atoms with E-state index < -0.39 is 5.97 Å². The highest BCUT2D eigenvalue weighted by Crippen LogP contribution is 2.18. The molecule has 0 radical (unpaired) electrons. The van der Waals surface area contributed by atoms with E-state index in [1.807, 2.05) is 6.92 Å². The largest absolute Gasteiger partial charge is 0.481 e. The minimum Gasteiger partial charge on any atom is -0.481 e. The van der Waals surface area contributed by atoms with E-state index in [9.17, 15) is 9.59 Å². The lowest BCUT2D eigenvalue weighted by molar-refractivity contribution is -0.137. The van der Waals surface area contributed by atoms with Gasteiger partial charge in [-0.15, -0.1) is 0 Å². The molecule has 0 spiro atoms. The Kier molecular flexibility index (Phi) is 5.76. The average molecular weight is 244 g/mol. The molecule has 0 aromatic carbocycles. The number of carbonyl (C=O) groups excluding carboxylic acids is 1. The van der Waals surface area contributed by atoms with E-state index in [0.717, 1.165) is 13.0 Å². The number of carbonyl (C=O) groups is 2. The molecule has 1 fully saturated rings. The smallest absolute Gasteiger partial charge is 0.314 e. The summed E-state index contributed by atoms with van der Waals surface area (Å²) in [4.78, 5) is 21.6. The van der Waals surface area contributed by atoms with Crippen molar-refractivity contribution in [1.29, 1.82) is 0 Å². The zero-order valence-electron chi connectivity index (χ0n) is 10.1. The molecule has 1 aliphatic heterocycles. The molecule has 0 saturated carbocycles. The third-order valence-electron chi connectivity index (χ3n) is 2.91. The number of urea groups is 1. The molecule has 1 saturated heterocycles. The summed E-state index contributed by atoms with van der Waals surface area (Å²) in [6.45, 7) is 3.75. The Morgan fingerprint density at radius 2 is 2.18 bits per heavy atom. The highest BCUT2D eigenvalue weighted by Gasteiger charge is 2.24. The maximum Gasteiger partial charge on any atom is 0.314 e. The third-order valence-corrected chi connectivity index (χ3v) is 2.91. The van der Waals surface area contributed by atoms with Gasteiger partial charge in [0.2, 0.25) is 0 Å². The molecule has 3 N–H and O–H groups in total. The van der Waals surface area contributed by atoms with Crippen LogP contribution in [0.25, 0.3) is 0 Å². The minimum atomic E-state index is -0.843. The first-order valence-electron chi connectivity index (χ1n) is 5.94. The summed E-state index contributed by atoms with van der Waals surface area (Å²) in [6.07, 6.45) is 1.70. The predicted octanol–water partition coefficient (Wildman–Crippen LogP) is 0.575. The molecule has 0 aliphatic carbocycles. The molecule has 0 bridgehead atoms. The second-order valence-corrected chi connectivity index (χ2v) is 4.26. The molecule has 1 rings (SSSR count). The van der Waals surface area contributed by atoms with Crippen molar-refractivity contribution >= 4 is 12.0 Å². The molecule has 0 aromatic heterocycles. The van der Waals surface area contributed by atoms with E-state index >= 15 is 0 Å². The first-order chi connectivity index (χ1) is 8.09. The van der Waals surface area contributed by atoms with Gasteiger partial charge in [0.15, 0.2) is 0 Å². The lowest BCUT2D eigenvalue weighted by Gasteiger charge is -2.14. The van der Waals surface area contributed by atoms with E-state index in [0.29, 0.717) is 25.4 Å². The number of carboxylic acid groups (broad SMARTS) is 1. The van der Waals surface area contributed by atoms with Gasteiger partial charge in [-0.3, -0.25) is 4.79 Å². The fourth-order valence-electron chi connectivity index (χ4n) is 1.77. The predicted molar refractivity (Wildman–Crippen MR) is 61.8 cm³/mol. The van der Waals surface area contributed by atoms with Crippen LogP contribution >= 0.6 is 0 Å². The fraction of sp³-hybridized carbons (Fsp3) is 0.818. The van der Waals surface area contributed by atoms with Gasteiger partial charge in [-0.05, 0) is 19.8 Å². The van der Waals surface area contributed by atoms with Crippen molar-refractivity contribution in [2.75, 3.05) is 19.7 Å². The fourth-order valence-corrected chi connectivity index (χ4v) is 1.77. The number of aliphatic carboxylic acids is 1. The number of amides is 2. The summed E-state index contributed by atoms with van der Waals surface area (Å²) in [5.74, 6) is -0.469. The molecule has 6 heteroatoms. The molecule has 1 heterocycles. The van der Waals surface area contributed by atoms with Crippen LogP contribution in [-0.4, -0.2) is 42.9 Å². The lowest BCUT2D eigenvalue weighted by atomic mass is 10.0. The Balaban J connectivity index is 2.03. The minimum absolute atomic E-state index is 0.0772. The monoisotopic (exact) mass is 244 g/mol. The Morgan fingerprint density at radius 3 is 2.76 bits per heavy atom. The van der Waals surface area contributed by atoms with E-state index in [-0.39, 0.29) is 18.6 Å².